The lowest BCUT2D eigenvalue weighted by Gasteiger charge is -2.29. The molecule has 18 heavy (non-hydrogen) atoms. The highest BCUT2D eigenvalue weighted by molar-refractivity contribution is 5.83. The van der Waals surface area contributed by atoms with Crippen LogP contribution < -0.4 is 10.6 Å². The number of halogens is 2. The van der Waals surface area contributed by atoms with E-state index in [9.17, 15) is 13.6 Å². The molecule has 1 heterocycles. The Balaban J connectivity index is 2.27. The third-order valence-electron chi connectivity index (χ3n) is 3.24. The molecule has 1 amide bonds. The highest BCUT2D eigenvalue weighted by atomic mass is 19.3. The zero-order valence-electron chi connectivity index (χ0n) is 10.0. The van der Waals surface area contributed by atoms with Crippen molar-refractivity contribution in [1.29, 1.82) is 0 Å². The first-order valence-electron chi connectivity index (χ1n) is 6.05. The molecule has 0 unspecified atom stereocenters. The van der Waals surface area contributed by atoms with Gasteiger partial charge in [0, 0.05) is 24.3 Å². The van der Waals surface area contributed by atoms with Crippen LogP contribution in [0.25, 0.3) is 0 Å². The first-order chi connectivity index (χ1) is 8.51. The summed E-state index contributed by atoms with van der Waals surface area (Å²) in [7, 11) is 0. The summed E-state index contributed by atoms with van der Waals surface area (Å²) in [4.78, 5) is 12.8. The molecule has 1 saturated heterocycles. The molecule has 1 fully saturated rings. The van der Waals surface area contributed by atoms with E-state index < -0.39 is 11.8 Å². The van der Waals surface area contributed by atoms with E-state index in [4.69, 9.17) is 5.73 Å². The van der Waals surface area contributed by atoms with Crippen LogP contribution in [0.1, 0.15) is 24.8 Å². The van der Waals surface area contributed by atoms with Crippen LogP contribution in [0.3, 0.4) is 0 Å². The zero-order valence-corrected chi connectivity index (χ0v) is 10.0. The van der Waals surface area contributed by atoms with Gasteiger partial charge in [0.25, 0.3) is 5.91 Å². The largest absolute Gasteiger partial charge is 0.372 e. The van der Waals surface area contributed by atoms with Crippen molar-refractivity contribution in [3.63, 3.8) is 0 Å². The lowest BCUT2D eigenvalue weighted by molar-refractivity contribution is -0.143. The number of nitrogens with zero attached hydrogens (tertiary/aromatic N) is 1. The fraction of sp³-hybridized carbons (Fsp3) is 0.462. The number of piperidine rings is 1. The van der Waals surface area contributed by atoms with Crippen molar-refractivity contribution in [3.8, 4) is 0 Å². The van der Waals surface area contributed by atoms with E-state index in [2.05, 4.69) is 4.90 Å². The van der Waals surface area contributed by atoms with Gasteiger partial charge in [0.2, 0.25) is 0 Å². The number of primary amides is 1. The minimum Gasteiger partial charge on any atom is -0.372 e. The molecule has 0 atom stereocenters. The molecule has 3 nitrogen and oxygen atoms in total. The second-order valence-electron chi connectivity index (χ2n) is 4.54. The molecule has 0 saturated carbocycles. The Morgan fingerprint density at radius 2 is 1.89 bits per heavy atom. The Hall–Kier alpha value is -1.65. The minimum absolute atomic E-state index is 0.335. The number of carbonyl (C=O) groups excluding carboxylic acids is 1. The molecule has 2 rings (SSSR count). The maximum Gasteiger partial charge on any atom is 0.349 e. The van der Waals surface area contributed by atoms with Crippen LogP contribution in [-0.2, 0) is 10.7 Å². The van der Waals surface area contributed by atoms with Gasteiger partial charge in [0.05, 0.1) is 0 Å². The van der Waals surface area contributed by atoms with E-state index in [-0.39, 0.29) is 5.56 Å². The van der Waals surface area contributed by atoms with Gasteiger partial charge in [0.15, 0.2) is 0 Å². The SMILES string of the molecule is NC(=O)C(F)(F)c1cccc(N2CCCCC2)c1. The average molecular weight is 254 g/mol. The Labute approximate surface area is 105 Å². The molecule has 5 heteroatoms. The molecule has 0 aromatic heterocycles. The maximum atomic E-state index is 13.5. The highest BCUT2D eigenvalue weighted by Crippen LogP contribution is 2.31. The lowest BCUT2D eigenvalue weighted by atomic mass is 10.1. The molecule has 1 aromatic carbocycles. The Morgan fingerprint density at radius 3 is 2.50 bits per heavy atom. The van der Waals surface area contributed by atoms with Crippen LogP contribution in [-0.4, -0.2) is 19.0 Å². The van der Waals surface area contributed by atoms with Gasteiger partial charge in [0.1, 0.15) is 0 Å². The molecule has 0 aliphatic carbocycles. The van der Waals surface area contributed by atoms with Gasteiger partial charge < -0.3 is 10.6 Å². The number of carbonyl (C=O) groups is 1. The molecule has 1 aliphatic heterocycles. The van der Waals surface area contributed by atoms with Crippen LogP contribution in [0.4, 0.5) is 14.5 Å². The number of nitrogens with two attached hydrogens (primary N) is 1. The second-order valence-corrected chi connectivity index (χ2v) is 4.54. The highest BCUT2D eigenvalue weighted by Gasteiger charge is 2.39. The van der Waals surface area contributed by atoms with E-state index in [1.165, 1.54) is 24.6 Å². The normalized spacial score (nSPS) is 16.7. The lowest BCUT2D eigenvalue weighted by Crippen LogP contribution is -2.34. The smallest absolute Gasteiger partial charge is 0.349 e. The third kappa shape index (κ3) is 2.44. The number of hydrogen-bond acceptors (Lipinski definition) is 2. The van der Waals surface area contributed by atoms with Gasteiger partial charge >= 0.3 is 5.92 Å². The van der Waals surface area contributed by atoms with E-state index in [1.54, 1.807) is 6.07 Å². The second kappa shape index (κ2) is 4.92. The molecule has 0 bridgehead atoms. The van der Waals surface area contributed by atoms with Crippen LogP contribution in [0.15, 0.2) is 24.3 Å². The van der Waals surface area contributed by atoms with Crippen LogP contribution in [0.5, 0.6) is 0 Å². The summed E-state index contributed by atoms with van der Waals surface area (Å²) in [6, 6.07) is 5.91. The van der Waals surface area contributed by atoms with Crippen molar-refractivity contribution in [2.75, 3.05) is 18.0 Å². The number of hydrogen-bond donors (Lipinski definition) is 1. The molecule has 0 radical (unpaired) electrons. The molecular weight excluding hydrogens is 238 g/mol. The topological polar surface area (TPSA) is 46.3 Å². The van der Waals surface area contributed by atoms with Crippen LogP contribution in [0.2, 0.25) is 0 Å². The molecule has 1 aliphatic rings. The Kier molecular flexibility index (Phi) is 3.50. The van der Waals surface area contributed by atoms with E-state index >= 15 is 0 Å². The van der Waals surface area contributed by atoms with Crippen molar-refractivity contribution >= 4 is 11.6 Å². The van der Waals surface area contributed by atoms with Crippen LogP contribution >= 0.6 is 0 Å². The van der Waals surface area contributed by atoms with Crippen molar-refractivity contribution in [2.24, 2.45) is 5.73 Å². The summed E-state index contributed by atoms with van der Waals surface area (Å²) in [5.74, 6) is -5.22. The number of alkyl halides is 2. The minimum atomic E-state index is -3.61. The summed E-state index contributed by atoms with van der Waals surface area (Å²) in [6.45, 7) is 1.73. The van der Waals surface area contributed by atoms with E-state index in [1.807, 2.05) is 0 Å². The van der Waals surface area contributed by atoms with Gasteiger partial charge in [-0.3, -0.25) is 4.79 Å². The molecular formula is C13H16F2N2O. The first kappa shape index (κ1) is 12.8. The predicted octanol–water partition coefficient (Wildman–Crippen LogP) is 2.25. The summed E-state index contributed by atoms with van der Waals surface area (Å²) in [5, 5.41) is 0. The van der Waals surface area contributed by atoms with Gasteiger partial charge in [-0.2, -0.15) is 8.78 Å². The third-order valence-corrected chi connectivity index (χ3v) is 3.24. The fourth-order valence-corrected chi connectivity index (χ4v) is 2.19. The summed E-state index contributed by atoms with van der Waals surface area (Å²) in [5.41, 5.74) is 5.12. The quantitative estimate of drug-likeness (QED) is 0.899. The Bertz CT molecular complexity index is 442. The van der Waals surface area contributed by atoms with Gasteiger partial charge in [-0.25, -0.2) is 0 Å². The standard InChI is InChI=1S/C13H16F2N2O/c14-13(15,12(16)18)10-5-4-6-11(9-10)17-7-2-1-3-8-17/h4-6,9H,1-3,7-8H2,(H2,16,18). The van der Waals surface area contributed by atoms with Gasteiger partial charge in [-0.05, 0) is 31.4 Å². The maximum absolute atomic E-state index is 13.5. The van der Waals surface area contributed by atoms with Crippen molar-refractivity contribution in [3.05, 3.63) is 29.8 Å². The predicted molar refractivity (Wildman–Crippen MR) is 65.6 cm³/mol. The average Bonchev–Trinajstić information content (AvgIpc) is 2.40. The summed E-state index contributed by atoms with van der Waals surface area (Å²) in [6.07, 6.45) is 3.31. The molecule has 1 aromatic rings. The zero-order chi connectivity index (χ0) is 13.2. The summed E-state index contributed by atoms with van der Waals surface area (Å²) < 4.78 is 27.1. The number of benzene rings is 1. The van der Waals surface area contributed by atoms with Crippen molar-refractivity contribution < 1.29 is 13.6 Å². The Morgan fingerprint density at radius 1 is 1.22 bits per heavy atom. The van der Waals surface area contributed by atoms with Crippen molar-refractivity contribution in [2.45, 2.75) is 25.2 Å². The number of amides is 1. The van der Waals surface area contributed by atoms with E-state index in [0.717, 1.165) is 31.6 Å². The van der Waals surface area contributed by atoms with Gasteiger partial charge in [-0.15, -0.1) is 0 Å². The molecule has 0 spiro atoms. The first-order valence-corrected chi connectivity index (χ1v) is 6.05. The van der Waals surface area contributed by atoms with Crippen molar-refractivity contribution in [1.82, 2.24) is 0 Å². The van der Waals surface area contributed by atoms with E-state index in [0.29, 0.717) is 0 Å². The van der Waals surface area contributed by atoms with Crippen LogP contribution in [0, 0.1) is 0 Å². The monoisotopic (exact) mass is 254 g/mol. The van der Waals surface area contributed by atoms with Gasteiger partial charge in [-0.1, -0.05) is 12.1 Å². The summed E-state index contributed by atoms with van der Waals surface area (Å²) >= 11 is 0. The molecule has 2 N–H and O–H groups in total. The molecule has 98 valence electrons. The number of anilines is 1. The number of rotatable bonds is 3. The fourth-order valence-electron chi connectivity index (χ4n) is 2.19.